The number of carbonyl (C=O) groups is 1. The number of rotatable bonds is 3. The molecule has 0 unspecified atom stereocenters. The number of carbonyl (C=O) groups excluding carboxylic acids is 1. The average molecular weight is 371 g/mol. The van der Waals surface area contributed by atoms with Crippen LogP contribution in [0.1, 0.15) is 24.9 Å². The van der Waals surface area contributed by atoms with E-state index in [0.717, 1.165) is 11.8 Å². The Morgan fingerprint density at radius 3 is 2.52 bits per heavy atom. The number of para-hydroxylation sites is 1. The van der Waals surface area contributed by atoms with Gasteiger partial charge in [-0.15, -0.1) is 0 Å². The Morgan fingerprint density at radius 2 is 1.85 bits per heavy atom. The molecule has 4 rings (SSSR count). The first-order valence-corrected chi connectivity index (χ1v) is 8.83. The molecule has 140 valence electrons. The van der Waals surface area contributed by atoms with Crippen molar-refractivity contribution in [2.24, 2.45) is 5.10 Å². The Labute approximate surface area is 155 Å². The molecule has 7 heteroatoms. The van der Waals surface area contributed by atoms with Gasteiger partial charge in [-0.2, -0.15) is 5.10 Å². The quantitative estimate of drug-likeness (QED) is 0.820. The maximum absolute atomic E-state index is 13.6. The van der Waals surface area contributed by atoms with Crippen LogP contribution in [0.4, 0.5) is 13.6 Å². The smallest absolute Gasteiger partial charge is 0.341 e. The van der Waals surface area contributed by atoms with E-state index in [1.54, 1.807) is 11.1 Å². The molecule has 0 spiro atoms. The van der Waals surface area contributed by atoms with Gasteiger partial charge in [0.05, 0.1) is 18.6 Å². The van der Waals surface area contributed by atoms with Crippen LogP contribution in [0.5, 0.6) is 5.75 Å². The predicted molar refractivity (Wildman–Crippen MR) is 96.5 cm³/mol. The molecule has 2 aliphatic rings. The molecule has 2 amide bonds. The Kier molecular flexibility index (Phi) is 4.51. The number of benzene rings is 2. The minimum Gasteiger partial charge on any atom is -0.486 e. The molecule has 0 N–H and O–H groups in total. The number of halogens is 2. The van der Waals surface area contributed by atoms with E-state index in [0.29, 0.717) is 18.5 Å². The fourth-order valence-corrected chi connectivity index (χ4v) is 3.41. The second kappa shape index (κ2) is 6.98. The number of urea groups is 1. The summed E-state index contributed by atoms with van der Waals surface area (Å²) in [4.78, 5) is 14.5. The summed E-state index contributed by atoms with van der Waals surface area (Å²) >= 11 is 0. The van der Waals surface area contributed by atoms with Gasteiger partial charge in [0.2, 0.25) is 0 Å². The second-order valence-electron chi connectivity index (χ2n) is 6.74. The van der Waals surface area contributed by atoms with Crippen LogP contribution >= 0.6 is 0 Å². The lowest BCUT2D eigenvalue weighted by molar-refractivity contribution is -0.0197. The van der Waals surface area contributed by atoms with E-state index in [2.05, 4.69) is 5.10 Å². The first-order chi connectivity index (χ1) is 13.0. The minimum absolute atomic E-state index is 0.104. The Morgan fingerprint density at radius 1 is 1.15 bits per heavy atom. The minimum atomic E-state index is -0.669. The molecule has 27 heavy (non-hydrogen) atoms. The van der Waals surface area contributed by atoms with Crippen LogP contribution in [0.15, 0.2) is 53.6 Å². The highest BCUT2D eigenvalue weighted by Crippen LogP contribution is 2.33. The van der Waals surface area contributed by atoms with E-state index in [1.807, 2.05) is 37.3 Å². The van der Waals surface area contributed by atoms with Crippen molar-refractivity contribution in [1.82, 2.24) is 9.91 Å². The van der Waals surface area contributed by atoms with Crippen LogP contribution in [0.3, 0.4) is 0 Å². The van der Waals surface area contributed by atoms with Crippen LogP contribution in [0, 0.1) is 11.6 Å². The van der Waals surface area contributed by atoms with E-state index in [4.69, 9.17) is 4.74 Å². The molecule has 0 aliphatic carbocycles. The summed E-state index contributed by atoms with van der Waals surface area (Å²) in [6.07, 6.45) is 1.90. The first-order valence-electron chi connectivity index (χ1n) is 8.83. The van der Waals surface area contributed by atoms with Gasteiger partial charge in [0.1, 0.15) is 23.5 Å². The number of likely N-dealkylation sites (tertiary alicyclic amines) is 1. The number of hydrogen-bond donors (Lipinski definition) is 0. The van der Waals surface area contributed by atoms with Gasteiger partial charge in [-0.05, 0) is 36.8 Å². The molecule has 2 aliphatic heterocycles. The van der Waals surface area contributed by atoms with Crippen LogP contribution in [-0.2, 0) is 0 Å². The Bertz CT molecular complexity index is 855. The topological polar surface area (TPSA) is 45.1 Å². The molecule has 2 aromatic rings. The van der Waals surface area contributed by atoms with Gasteiger partial charge >= 0.3 is 6.03 Å². The molecule has 3 atom stereocenters. The monoisotopic (exact) mass is 371 g/mol. The predicted octanol–water partition coefficient (Wildman–Crippen LogP) is 3.97. The van der Waals surface area contributed by atoms with E-state index < -0.39 is 17.7 Å². The highest BCUT2D eigenvalue weighted by atomic mass is 19.1. The van der Waals surface area contributed by atoms with Crippen LogP contribution in [0.2, 0.25) is 0 Å². The van der Waals surface area contributed by atoms with Crippen molar-refractivity contribution >= 4 is 12.2 Å². The molecule has 0 radical (unpaired) electrons. The largest absolute Gasteiger partial charge is 0.486 e. The highest BCUT2D eigenvalue weighted by molar-refractivity contribution is 5.79. The van der Waals surface area contributed by atoms with Gasteiger partial charge < -0.3 is 9.64 Å². The number of amides is 2. The molecule has 1 saturated heterocycles. The van der Waals surface area contributed by atoms with E-state index in [-0.39, 0.29) is 18.2 Å². The van der Waals surface area contributed by atoms with Crippen LogP contribution in [0.25, 0.3) is 0 Å². The molecule has 0 bridgehead atoms. The third-order valence-corrected chi connectivity index (χ3v) is 4.98. The van der Waals surface area contributed by atoms with Gasteiger partial charge in [-0.3, -0.25) is 0 Å². The lowest BCUT2D eigenvalue weighted by Crippen LogP contribution is -2.64. The highest BCUT2D eigenvalue weighted by Gasteiger charge is 2.44. The van der Waals surface area contributed by atoms with Crippen molar-refractivity contribution in [1.29, 1.82) is 0 Å². The molecular weight excluding hydrogens is 352 g/mol. The Hall–Kier alpha value is -2.96. The summed E-state index contributed by atoms with van der Waals surface area (Å²) < 4.78 is 33.0. The normalized spacial score (nSPS) is 24.0. The lowest BCUT2D eigenvalue weighted by Gasteiger charge is -2.46. The van der Waals surface area contributed by atoms with Crippen molar-refractivity contribution in [2.45, 2.75) is 31.5 Å². The lowest BCUT2D eigenvalue weighted by atomic mass is 10.0. The van der Waals surface area contributed by atoms with Gasteiger partial charge in [0, 0.05) is 18.7 Å². The van der Waals surface area contributed by atoms with Crippen molar-refractivity contribution in [3.05, 3.63) is 65.7 Å². The molecule has 2 aromatic carbocycles. The number of nitrogens with zero attached hydrogens (tertiary/aromatic N) is 3. The Balaban J connectivity index is 1.44. The fourth-order valence-electron chi connectivity index (χ4n) is 3.41. The van der Waals surface area contributed by atoms with Crippen molar-refractivity contribution in [2.75, 3.05) is 6.54 Å². The average Bonchev–Trinajstić information content (AvgIpc) is 3.14. The first kappa shape index (κ1) is 17.5. The maximum atomic E-state index is 13.6. The maximum Gasteiger partial charge on any atom is 0.341 e. The summed E-state index contributed by atoms with van der Waals surface area (Å²) in [6, 6.07) is 11.8. The van der Waals surface area contributed by atoms with Crippen molar-refractivity contribution < 1.29 is 18.3 Å². The molecule has 0 saturated carbocycles. The summed E-state index contributed by atoms with van der Waals surface area (Å²) in [5.74, 6) is -0.579. The van der Waals surface area contributed by atoms with E-state index in [9.17, 15) is 13.6 Å². The molecule has 0 aromatic heterocycles. The zero-order valence-electron chi connectivity index (χ0n) is 14.8. The fraction of sp³-hybridized carbons (Fsp3) is 0.300. The number of ether oxygens (including phenoxy) is 1. The third-order valence-electron chi connectivity index (χ3n) is 4.98. The summed E-state index contributed by atoms with van der Waals surface area (Å²) in [7, 11) is 0. The van der Waals surface area contributed by atoms with Crippen LogP contribution in [-0.4, -0.2) is 40.8 Å². The zero-order valence-corrected chi connectivity index (χ0v) is 14.8. The standard InChI is InChI=1S/C20H19F2N3O2/c1-13-19(27-17-5-3-2-4-6-17)12-24(13)20(26)25-18(7-8-23-25)14-9-15(21)11-16(22)10-14/h2-6,8-11,13,18-19H,7,12H2,1H3/t13-,18+,19-/m1/s1. The van der Waals surface area contributed by atoms with E-state index in [1.165, 1.54) is 17.1 Å². The molecule has 5 nitrogen and oxygen atoms in total. The SMILES string of the molecule is C[C@@H]1[C@H](Oc2ccccc2)CN1C(=O)N1N=CC[C@H]1c1cc(F)cc(F)c1. The third kappa shape index (κ3) is 3.37. The van der Waals surface area contributed by atoms with Gasteiger partial charge in [0.25, 0.3) is 0 Å². The molecule has 2 heterocycles. The number of hydrogen-bond acceptors (Lipinski definition) is 3. The van der Waals surface area contributed by atoms with E-state index >= 15 is 0 Å². The molecular formula is C20H19F2N3O2. The van der Waals surface area contributed by atoms with Crippen molar-refractivity contribution in [3.8, 4) is 5.75 Å². The van der Waals surface area contributed by atoms with Gasteiger partial charge in [0.15, 0.2) is 0 Å². The number of hydrazone groups is 1. The summed E-state index contributed by atoms with van der Waals surface area (Å²) in [5.41, 5.74) is 0.392. The summed E-state index contributed by atoms with van der Waals surface area (Å²) in [6.45, 7) is 2.34. The summed E-state index contributed by atoms with van der Waals surface area (Å²) in [5, 5.41) is 5.43. The molecule has 1 fully saturated rings. The van der Waals surface area contributed by atoms with Gasteiger partial charge in [-0.1, -0.05) is 18.2 Å². The van der Waals surface area contributed by atoms with Gasteiger partial charge in [-0.25, -0.2) is 18.6 Å². The van der Waals surface area contributed by atoms with Crippen LogP contribution < -0.4 is 4.74 Å². The second-order valence-corrected chi connectivity index (χ2v) is 6.74. The van der Waals surface area contributed by atoms with Crippen molar-refractivity contribution in [3.63, 3.8) is 0 Å². The zero-order chi connectivity index (χ0) is 19.0.